The van der Waals surface area contributed by atoms with E-state index in [1.54, 1.807) is 0 Å². The van der Waals surface area contributed by atoms with Gasteiger partial charge < -0.3 is 9.87 Å². The fourth-order valence-corrected chi connectivity index (χ4v) is 3.53. The van der Waals surface area contributed by atoms with Gasteiger partial charge in [0.2, 0.25) is 5.91 Å². The van der Waals surface area contributed by atoms with Crippen molar-refractivity contribution >= 4 is 17.1 Å². The van der Waals surface area contributed by atoms with Crippen LogP contribution in [-0.4, -0.2) is 22.3 Å². The summed E-state index contributed by atoms with van der Waals surface area (Å²) in [5.41, 5.74) is 1.11. The van der Waals surface area contributed by atoms with E-state index in [-0.39, 0.29) is 11.2 Å². The van der Waals surface area contributed by atoms with Gasteiger partial charge in [0.25, 0.3) is 0 Å². The highest BCUT2D eigenvalue weighted by atomic mass is 32.2. The van der Waals surface area contributed by atoms with Gasteiger partial charge in [-0.1, -0.05) is 30.3 Å². The summed E-state index contributed by atoms with van der Waals surface area (Å²) in [5.74, 6) is 0.684. The van der Waals surface area contributed by atoms with E-state index < -0.39 is 11.2 Å². The Hall–Kier alpha value is -1.00. The lowest BCUT2D eigenvalue weighted by Crippen LogP contribution is -2.25. The summed E-state index contributed by atoms with van der Waals surface area (Å²) in [6.45, 7) is 0.657. The van der Waals surface area contributed by atoms with Gasteiger partial charge in [0.05, 0.1) is 0 Å². The maximum Gasteiger partial charge on any atom is 0.220 e. The smallest absolute Gasteiger partial charge is 0.220 e. The Kier molecular flexibility index (Phi) is 4.45. The van der Waals surface area contributed by atoms with Crippen LogP contribution in [0.1, 0.15) is 24.8 Å². The van der Waals surface area contributed by atoms with Crippen molar-refractivity contribution in [1.29, 1.82) is 0 Å². The van der Waals surface area contributed by atoms with Crippen molar-refractivity contribution in [3.63, 3.8) is 0 Å². The molecule has 0 aromatic heterocycles. The monoisotopic (exact) mass is 251 g/mol. The standard InChI is InChI=1S/C13H17NO2S/c15-13-7-6-12(8-9-14-13)17(16)10-11-4-2-1-3-5-11/h1-5,12H,6-10H2,(H,14,15). The van der Waals surface area contributed by atoms with Crippen LogP contribution in [-0.2, 0) is 21.7 Å². The van der Waals surface area contributed by atoms with E-state index in [0.717, 1.165) is 18.4 Å². The van der Waals surface area contributed by atoms with Gasteiger partial charge in [0.15, 0.2) is 0 Å². The number of hydrogen-bond donors (Lipinski definition) is 1. The SMILES string of the molecule is O=C1CCC([S+]([O-])Cc2ccccc2)CCN1. The van der Waals surface area contributed by atoms with Gasteiger partial charge >= 0.3 is 0 Å². The van der Waals surface area contributed by atoms with Crippen LogP contribution in [0.25, 0.3) is 0 Å². The highest BCUT2D eigenvalue weighted by molar-refractivity contribution is 7.91. The van der Waals surface area contributed by atoms with Gasteiger partial charge in [-0.15, -0.1) is 0 Å². The summed E-state index contributed by atoms with van der Waals surface area (Å²) in [7, 11) is 0. The molecule has 2 rings (SSSR count). The molecule has 0 aliphatic carbocycles. The first-order valence-corrected chi connectivity index (χ1v) is 7.32. The zero-order valence-corrected chi connectivity index (χ0v) is 10.5. The predicted molar refractivity (Wildman–Crippen MR) is 68.9 cm³/mol. The molecule has 0 radical (unpaired) electrons. The van der Waals surface area contributed by atoms with Crippen molar-refractivity contribution in [3.05, 3.63) is 35.9 Å². The topological polar surface area (TPSA) is 52.2 Å². The minimum absolute atomic E-state index is 0.0872. The first kappa shape index (κ1) is 12.5. The molecule has 92 valence electrons. The number of nitrogens with one attached hydrogen (secondary N) is 1. The predicted octanol–water partition coefficient (Wildman–Crippen LogP) is 1.60. The molecule has 1 aromatic carbocycles. The third-order valence-electron chi connectivity index (χ3n) is 3.01. The number of hydrogen-bond acceptors (Lipinski definition) is 2. The molecule has 17 heavy (non-hydrogen) atoms. The van der Waals surface area contributed by atoms with Crippen molar-refractivity contribution < 1.29 is 9.35 Å². The maximum absolute atomic E-state index is 12.2. The molecule has 0 spiro atoms. The molecule has 1 fully saturated rings. The minimum Gasteiger partial charge on any atom is -0.616 e. The van der Waals surface area contributed by atoms with Crippen LogP contribution in [0.4, 0.5) is 0 Å². The van der Waals surface area contributed by atoms with Gasteiger partial charge in [0, 0.05) is 31.4 Å². The van der Waals surface area contributed by atoms with Crippen LogP contribution in [0.5, 0.6) is 0 Å². The maximum atomic E-state index is 12.2. The summed E-state index contributed by atoms with van der Waals surface area (Å²) in [6, 6.07) is 9.88. The minimum atomic E-state index is -0.876. The third-order valence-corrected chi connectivity index (χ3v) is 4.84. The quantitative estimate of drug-likeness (QED) is 0.830. The van der Waals surface area contributed by atoms with Crippen LogP contribution in [0.15, 0.2) is 30.3 Å². The average molecular weight is 251 g/mol. The van der Waals surface area contributed by atoms with E-state index in [2.05, 4.69) is 5.32 Å². The first-order valence-electron chi connectivity index (χ1n) is 5.93. The number of benzene rings is 1. The average Bonchev–Trinajstić information content (AvgIpc) is 2.55. The molecule has 1 amide bonds. The lowest BCUT2D eigenvalue weighted by molar-refractivity contribution is -0.120. The van der Waals surface area contributed by atoms with Crippen molar-refractivity contribution in [2.75, 3.05) is 6.54 Å². The molecular weight excluding hydrogens is 234 g/mol. The fourth-order valence-electron chi connectivity index (χ4n) is 2.02. The molecule has 1 heterocycles. The second-order valence-corrected chi connectivity index (χ2v) is 6.03. The van der Waals surface area contributed by atoms with Gasteiger partial charge in [-0.25, -0.2) is 0 Å². The molecule has 1 aliphatic heterocycles. The molecule has 1 aliphatic rings. The van der Waals surface area contributed by atoms with E-state index >= 15 is 0 Å². The van der Waals surface area contributed by atoms with Crippen molar-refractivity contribution in [3.8, 4) is 0 Å². The van der Waals surface area contributed by atoms with Gasteiger partial charge in [-0.2, -0.15) is 0 Å². The zero-order chi connectivity index (χ0) is 12.1. The van der Waals surface area contributed by atoms with Gasteiger partial charge in [-0.05, 0) is 11.2 Å². The van der Waals surface area contributed by atoms with E-state index in [4.69, 9.17) is 0 Å². The van der Waals surface area contributed by atoms with Crippen molar-refractivity contribution in [2.24, 2.45) is 0 Å². The summed E-state index contributed by atoms with van der Waals surface area (Å²) in [6.07, 6.45) is 2.07. The van der Waals surface area contributed by atoms with Crippen LogP contribution in [0.3, 0.4) is 0 Å². The highest BCUT2D eigenvalue weighted by Crippen LogP contribution is 2.19. The second kappa shape index (κ2) is 6.07. The Balaban J connectivity index is 1.91. The highest BCUT2D eigenvalue weighted by Gasteiger charge is 2.25. The summed E-state index contributed by atoms with van der Waals surface area (Å²) in [4.78, 5) is 11.2. The Bertz CT molecular complexity index is 369. The first-order chi connectivity index (χ1) is 8.25. The number of rotatable bonds is 3. The molecule has 2 atom stereocenters. The zero-order valence-electron chi connectivity index (χ0n) is 9.72. The molecule has 1 aromatic rings. The van der Waals surface area contributed by atoms with Crippen LogP contribution < -0.4 is 5.32 Å². The third kappa shape index (κ3) is 3.75. The summed E-state index contributed by atoms with van der Waals surface area (Å²) >= 11 is -0.876. The number of amides is 1. The Morgan fingerprint density at radius 1 is 1.29 bits per heavy atom. The Morgan fingerprint density at radius 2 is 2.06 bits per heavy atom. The fraction of sp³-hybridized carbons (Fsp3) is 0.462. The molecule has 4 heteroatoms. The normalized spacial score (nSPS) is 22.6. The molecule has 2 unspecified atom stereocenters. The summed E-state index contributed by atoms with van der Waals surface area (Å²) < 4.78 is 12.2. The van der Waals surface area contributed by atoms with E-state index in [1.165, 1.54) is 0 Å². The van der Waals surface area contributed by atoms with Crippen molar-refractivity contribution in [2.45, 2.75) is 30.3 Å². The van der Waals surface area contributed by atoms with E-state index in [0.29, 0.717) is 18.7 Å². The van der Waals surface area contributed by atoms with Gasteiger partial charge in [0.1, 0.15) is 11.0 Å². The second-order valence-electron chi connectivity index (χ2n) is 4.31. The Labute approximate surface area is 105 Å². The van der Waals surface area contributed by atoms with E-state index in [9.17, 15) is 9.35 Å². The molecular formula is C13H17NO2S. The summed E-state index contributed by atoms with van der Waals surface area (Å²) in [5, 5.41) is 2.97. The molecule has 0 saturated carbocycles. The van der Waals surface area contributed by atoms with Crippen LogP contribution >= 0.6 is 0 Å². The molecule has 3 nitrogen and oxygen atoms in total. The number of carbonyl (C=O) groups excluding carboxylic acids is 1. The van der Waals surface area contributed by atoms with E-state index in [1.807, 2.05) is 30.3 Å². The van der Waals surface area contributed by atoms with Gasteiger partial charge in [-0.3, -0.25) is 4.79 Å². The molecule has 0 bridgehead atoms. The molecule has 1 N–H and O–H groups in total. The van der Waals surface area contributed by atoms with Crippen molar-refractivity contribution in [1.82, 2.24) is 5.32 Å². The Morgan fingerprint density at radius 3 is 2.82 bits per heavy atom. The molecule has 1 saturated heterocycles. The largest absolute Gasteiger partial charge is 0.616 e. The lowest BCUT2D eigenvalue weighted by Gasteiger charge is -2.19. The lowest BCUT2D eigenvalue weighted by atomic mass is 10.2. The van der Waals surface area contributed by atoms with Crippen LogP contribution in [0, 0.1) is 0 Å². The number of carbonyl (C=O) groups is 1. The van der Waals surface area contributed by atoms with Crippen LogP contribution in [0.2, 0.25) is 0 Å².